The van der Waals surface area contributed by atoms with Crippen molar-refractivity contribution in [3.63, 3.8) is 0 Å². The van der Waals surface area contributed by atoms with Gasteiger partial charge in [0.1, 0.15) is 5.75 Å². The highest BCUT2D eigenvalue weighted by Crippen LogP contribution is 2.31. The lowest BCUT2D eigenvalue weighted by molar-refractivity contribution is -0.133. The van der Waals surface area contributed by atoms with Crippen molar-refractivity contribution in [3.05, 3.63) is 29.3 Å². The molecule has 2 atom stereocenters. The zero-order valence-corrected chi connectivity index (χ0v) is 17.2. The molecule has 2 saturated heterocycles. The lowest BCUT2D eigenvalue weighted by Gasteiger charge is -2.35. The molecule has 1 aromatic carbocycles. The van der Waals surface area contributed by atoms with Crippen LogP contribution in [0.2, 0.25) is 0 Å². The molecule has 5 nitrogen and oxygen atoms in total. The summed E-state index contributed by atoms with van der Waals surface area (Å²) in [7, 11) is 3.71. The van der Waals surface area contributed by atoms with Crippen molar-refractivity contribution in [2.75, 3.05) is 20.7 Å². The Kier molecular flexibility index (Phi) is 6.77. The fourth-order valence-corrected chi connectivity index (χ4v) is 4.52. The molecular formula is C22H34N2O3. The van der Waals surface area contributed by atoms with Gasteiger partial charge in [0.15, 0.2) is 0 Å². The Labute approximate surface area is 163 Å². The lowest BCUT2D eigenvalue weighted by atomic mass is 9.97. The second-order valence-corrected chi connectivity index (χ2v) is 8.19. The molecule has 1 amide bonds. The van der Waals surface area contributed by atoms with Gasteiger partial charge in [0.25, 0.3) is 0 Å². The minimum Gasteiger partial charge on any atom is -0.491 e. The van der Waals surface area contributed by atoms with Gasteiger partial charge < -0.3 is 14.4 Å². The molecule has 0 aromatic heterocycles. The van der Waals surface area contributed by atoms with Gasteiger partial charge in [-0.3, -0.25) is 9.69 Å². The number of fused-ring (bicyclic) bond motifs is 1. The van der Waals surface area contributed by atoms with Gasteiger partial charge in [-0.1, -0.05) is 12.5 Å². The van der Waals surface area contributed by atoms with E-state index in [1.165, 1.54) is 12.0 Å². The van der Waals surface area contributed by atoms with Crippen LogP contribution in [0.1, 0.15) is 57.1 Å². The zero-order valence-electron chi connectivity index (χ0n) is 17.2. The predicted octanol–water partition coefficient (Wildman–Crippen LogP) is 3.60. The number of benzene rings is 1. The largest absolute Gasteiger partial charge is 0.491 e. The number of rotatable bonds is 6. The van der Waals surface area contributed by atoms with E-state index in [-0.39, 0.29) is 6.10 Å². The average Bonchev–Trinajstić information content (AvgIpc) is 3.01. The number of methoxy groups -OCH3 is 1. The summed E-state index contributed by atoms with van der Waals surface area (Å²) in [5, 5.41) is 0. The SMILES string of the molecule is COCc1cc(CN2CC[C@H]3[C@H]2CCCCC(=O)N3C)ccc1OC(C)C. The number of hydrogen-bond donors (Lipinski definition) is 0. The first-order valence-electron chi connectivity index (χ1n) is 10.3. The van der Waals surface area contributed by atoms with Crippen molar-refractivity contribution in [1.29, 1.82) is 0 Å². The van der Waals surface area contributed by atoms with Gasteiger partial charge >= 0.3 is 0 Å². The monoisotopic (exact) mass is 374 g/mol. The Hall–Kier alpha value is -1.59. The van der Waals surface area contributed by atoms with Crippen molar-refractivity contribution >= 4 is 5.91 Å². The van der Waals surface area contributed by atoms with Gasteiger partial charge in [-0.05, 0) is 50.8 Å². The second-order valence-electron chi connectivity index (χ2n) is 8.19. The van der Waals surface area contributed by atoms with E-state index in [2.05, 4.69) is 23.1 Å². The van der Waals surface area contributed by atoms with Crippen LogP contribution in [-0.2, 0) is 22.7 Å². The standard InChI is InChI=1S/C22H34N2O3/c1-16(2)27-21-10-9-17(13-18(21)15-26-4)14-24-12-11-19-20(24)7-5-6-8-22(25)23(19)3/h9-10,13,16,19-20H,5-8,11-12,14-15H2,1-4H3/t19-,20+/m0/s1. The predicted molar refractivity (Wildman–Crippen MR) is 107 cm³/mol. The summed E-state index contributed by atoms with van der Waals surface area (Å²) in [5.74, 6) is 1.22. The van der Waals surface area contributed by atoms with Crippen molar-refractivity contribution < 1.29 is 14.3 Å². The minimum absolute atomic E-state index is 0.147. The van der Waals surface area contributed by atoms with Crippen molar-refractivity contribution in [2.24, 2.45) is 0 Å². The average molecular weight is 375 g/mol. The quantitative estimate of drug-likeness (QED) is 0.763. The first-order chi connectivity index (χ1) is 13.0. The summed E-state index contributed by atoms with van der Waals surface area (Å²) < 4.78 is 11.3. The van der Waals surface area contributed by atoms with Crippen LogP contribution in [0.4, 0.5) is 0 Å². The van der Waals surface area contributed by atoms with Crippen molar-refractivity contribution in [2.45, 2.75) is 77.3 Å². The Morgan fingerprint density at radius 1 is 1.19 bits per heavy atom. The normalized spacial score (nSPS) is 24.0. The second kappa shape index (κ2) is 9.07. The highest BCUT2D eigenvalue weighted by atomic mass is 16.5. The van der Waals surface area contributed by atoms with E-state index in [0.717, 1.165) is 43.7 Å². The molecule has 0 saturated carbocycles. The molecule has 2 heterocycles. The van der Waals surface area contributed by atoms with E-state index in [0.29, 0.717) is 31.0 Å². The van der Waals surface area contributed by atoms with E-state index < -0.39 is 0 Å². The summed E-state index contributed by atoms with van der Waals surface area (Å²) in [4.78, 5) is 16.9. The van der Waals surface area contributed by atoms with Gasteiger partial charge in [0.05, 0.1) is 12.7 Å². The lowest BCUT2D eigenvalue weighted by Crippen LogP contribution is -2.46. The van der Waals surface area contributed by atoms with E-state index in [1.807, 2.05) is 25.8 Å². The number of carbonyl (C=O) groups excluding carboxylic acids is 1. The van der Waals surface area contributed by atoms with Crippen LogP contribution in [0.25, 0.3) is 0 Å². The molecule has 2 aliphatic heterocycles. The molecule has 1 aromatic rings. The number of ether oxygens (including phenoxy) is 2. The van der Waals surface area contributed by atoms with Gasteiger partial charge in [-0.2, -0.15) is 0 Å². The van der Waals surface area contributed by atoms with E-state index in [9.17, 15) is 4.79 Å². The Morgan fingerprint density at radius 2 is 2.00 bits per heavy atom. The Morgan fingerprint density at radius 3 is 2.74 bits per heavy atom. The molecule has 0 N–H and O–H groups in total. The van der Waals surface area contributed by atoms with Crippen LogP contribution in [0.3, 0.4) is 0 Å². The summed E-state index contributed by atoms with van der Waals surface area (Å²) in [6.45, 7) is 6.61. The van der Waals surface area contributed by atoms with Gasteiger partial charge in [0, 0.05) is 51.3 Å². The molecule has 0 spiro atoms. The van der Waals surface area contributed by atoms with Crippen LogP contribution in [0.15, 0.2) is 18.2 Å². The molecule has 0 aliphatic carbocycles. The van der Waals surface area contributed by atoms with E-state index in [4.69, 9.17) is 9.47 Å². The van der Waals surface area contributed by atoms with Crippen LogP contribution >= 0.6 is 0 Å². The third kappa shape index (κ3) is 4.82. The maximum Gasteiger partial charge on any atom is 0.222 e. The van der Waals surface area contributed by atoms with E-state index in [1.54, 1.807) is 7.11 Å². The summed E-state index contributed by atoms with van der Waals surface area (Å²) >= 11 is 0. The minimum atomic E-state index is 0.147. The molecule has 0 radical (unpaired) electrons. The summed E-state index contributed by atoms with van der Waals surface area (Å²) in [6, 6.07) is 7.29. The van der Waals surface area contributed by atoms with Crippen LogP contribution in [0, 0.1) is 0 Å². The summed E-state index contributed by atoms with van der Waals surface area (Å²) in [6.07, 6.45) is 5.27. The number of carbonyl (C=O) groups is 1. The smallest absolute Gasteiger partial charge is 0.222 e. The highest BCUT2D eigenvalue weighted by molar-refractivity contribution is 5.76. The van der Waals surface area contributed by atoms with Crippen LogP contribution < -0.4 is 4.74 Å². The fourth-order valence-electron chi connectivity index (χ4n) is 4.52. The molecule has 2 fully saturated rings. The van der Waals surface area contributed by atoms with Crippen molar-refractivity contribution in [1.82, 2.24) is 9.80 Å². The maximum absolute atomic E-state index is 12.3. The maximum atomic E-state index is 12.3. The molecule has 3 rings (SSSR count). The molecule has 27 heavy (non-hydrogen) atoms. The number of likely N-dealkylation sites (tertiary alicyclic amines) is 2. The van der Waals surface area contributed by atoms with Crippen LogP contribution in [-0.4, -0.2) is 54.6 Å². The van der Waals surface area contributed by atoms with Crippen LogP contribution in [0.5, 0.6) is 5.75 Å². The molecule has 2 aliphatic rings. The third-order valence-electron chi connectivity index (χ3n) is 5.83. The topological polar surface area (TPSA) is 42.0 Å². The third-order valence-corrected chi connectivity index (χ3v) is 5.83. The summed E-state index contributed by atoms with van der Waals surface area (Å²) in [5.41, 5.74) is 2.39. The zero-order chi connectivity index (χ0) is 19.4. The Balaban J connectivity index is 1.74. The first-order valence-corrected chi connectivity index (χ1v) is 10.3. The molecule has 0 unspecified atom stereocenters. The van der Waals surface area contributed by atoms with Crippen molar-refractivity contribution in [3.8, 4) is 5.75 Å². The molecule has 150 valence electrons. The molecular weight excluding hydrogens is 340 g/mol. The number of likely N-dealkylation sites (N-methyl/N-ethyl adjacent to an activating group) is 1. The van der Waals surface area contributed by atoms with Gasteiger partial charge in [0.2, 0.25) is 5.91 Å². The number of hydrogen-bond acceptors (Lipinski definition) is 4. The van der Waals surface area contributed by atoms with E-state index >= 15 is 0 Å². The molecule has 5 heteroatoms. The van der Waals surface area contributed by atoms with Gasteiger partial charge in [-0.25, -0.2) is 0 Å². The van der Waals surface area contributed by atoms with Gasteiger partial charge in [-0.15, -0.1) is 0 Å². The number of nitrogens with zero attached hydrogens (tertiary/aromatic N) is 2. The molecule has 0 bridgehead atoms. The first kappa shape index (κ1) is 20.2. The Bertz CT molecular complexity index is 646. The number of amides is 1. The highest BCUT2D eigenvalue weighted by Gasteiger charge is 2.38. The fraction of sp³-hybridized carbons (Fsp3) is 0.682.